The lowest BCUT2D eigenvalue weighted by molar-refractivity contribution is 0.668. The molecule has 0 radical (unpaired) electrons. The van der Waals surface area contributed by atoms with E-state index < -0.39 is 0 Å². The van der Waals surface area contributed by atoms with Crippen LogP contribution in [-0.4, -0.2) is 0 Å². The van der Waals surface area contributed by atoms with Gasteiger partial charge < -0.3 is 13.7 Å². The van der Waals surface area contributed by atoms with Crippen LogP contribution < -0.4 is 4.90 Å². The van der Waals surface area contributed by atoms with E-state index in [1.54, 1.807) is 0 Å². The zero-order valence-corrected chi connectivity index (χ0v) is 23.2. The van der Waals surface area contributed by atoms with Gasteiger partial charge in [-0.3, -0.25) is 0 Å². The Kier molecular flexibility index (Phi) is 5.20. The number of anilines is 3. The number of rotatable bonds is 4. The number of hydrogen-bond acceptors (Lipinski definition) is 3. The zero-order chi connectivity index (χ0) is 28.3. The number of para-hydroxylation sites is 3. The average molecular weight is 552 g/mol. The Morgan fingerprint density at radius 1 is 0.349 bits per heavy atom. The van der Waals surface area contributed by atoms with Crippen molar-refractivity contribution in [2.45, 2.75) is 0 Å². The van der Waals surface area contributed by atoms with E-state index in [-0.39, 0.29) is 0 Å². The number of hydrogen-bond donors (Lipinski definition) is 0. The molecule has 9 rings (SSSR count). The Labute approximate surface area is 247 Å². The maximum absolute atomic E-state index is 6.16. The van der Waals surface area contributed by atoms with Gasteiger partial charge in [0.05, 0.1) is 5.69 Å². The van der Waals surface area contributed by atoms with Crippen molar-refractivity contribution in [3.05, 3.63) is 152 Å². The van der Waals surface area contributed by atoms with Crippen molar-refractivity contribution < 1.29 is 8.83 Å². The van der Waals surface area contributed by atoms with Gasteiger partial charge in [0.15, 0.2) is 0 Å². The molecule has 0 bridgehead atoms. The van der Waals surface area contributed by atoms with Gasteiger partial charge in [-0.1, -0.05) is 91.0 Å². The van der Waals surface area contributed by atoms with Crippen molar-refractivity contribution in [2.24, 2.45) is 0 Å². The van der Waals surface area contributed by atoms with E-state index in [1.807, 2.05) is 24.3 Å². The first kappa shape index (κ1) is 23.9. The van der Waals surface area contributed by atoms with Crippen LogP contribution in [0.15, 0.2) is 160 Å². The van der Waals surface area contributed by atoms with Gasteiger partial charge in [0.25, 0.3) is 0 Å². The molecule has 0 unspecified atom stereocenters. The summed E-state index contributed by atoms with van der Waals surface area (Å²) >= 11 is 0. The van der Waals surface area contributed by atoms with Crippen LogP contribution in [0.3, 0.4) is 0 Å². The van der Waals surface area contributed by atoms with Gasteiger partial charge in [0.2, 0.25) is 0 Å². The van der Waals surface area contributed by atoms with E-state index in [2.05, 4.69) is 132 Å². The summed E-state index contributed by atoms with van der Waals surface area (Å²) in [6.07, 6.45) is 0. The maximum Gasteiger partial charge on any atom is 0.135 e. The minimum atomic E-state index is 0.889. The predicted molar refractivity (Wildman–Crippen MR) is 179 cm³/mol. The topological polar surface area (TPSA) is 29.5 Å². The zero-order valence-electron chi connectivity index (χ0n) is 23.2. The molecule has 3 nitrogen and oxygen atoms in total. The molecule has 2 aromatic heterocycles. The molecule has 0 aliphatic heterocycles. The van der Waals surface area contributed by atoms with Crippen molar-refractivity contribution in [1.82, 2.24) is 0 Å². The van der Waals surface area contributed by atoms with E-state index in [4.69, 9.17) is 8.83 Å². The van der Waals surface area contributed by atoms with Crippen molar-refractivity contribution in [2.75, 3.05) is 4.90 Å². The SMILES string of the molecule is c1ccc(N(c2ccc3oc4ccccc4c3c2)c2ccc(-c3ccc4oc5ccccc5c4c3)c3ccccc23)cc1. The molecule has 0 aliphatic carbocycles. The highest BCUT2D eigenvalue weighted by Gasteiger charge is 2.19. The van der Waals surface area contributed by atoms with Crippen LogP contribution >= 0.6 is 0 Å². The van der Waals surface area contributed by atoms with Crippen LogP contribution in [0.2, 0.25) is 0 Å². The first-order valence-corrected chi connectivity index (χ1v) is 14.5. The highest BCUT2D eigenvalue weighted by Crippen LogP contribution is 2.44. The van der Waals surface area contributed by atoms with Gasteiger partial charge in [-0.2, -0.15) is 0 Å². The number of furan rings is 2. The third kappa shape index (κ3) is 3.75. The molecule has 7 aromatic carbocycles. The van der Waals surface area contributed by atoms with Crippen LogP contribution in [0.4, 0.5) is 17.1 Å². The summed E-state index contributed by atoms with van der Waals surface area (Å²) in [6.45, 7) is 0. The molecule has 0 N–H and O–H groups in total. The Morgan fingerprint density at radius 2 is 0.907 bits per heavy atom. The molecular formula is C40H25NO2. The molecule has 3 heteroatoms. The fourth-order valence-corrected chi connectivity index (χ4v) is 6.48. The smallest absolute Gasteiger partial charge is 0.135 e. The van der Waals surface area contributed by atoms with E-state index >= 15 is 0 Å². The molecule has 0 fully saturated rings. The Hall–Kier alpha value is -5.80. The second kappa shape index (κ2) is 9.37. The minimum Gasteiger partial charge on any atom is -0.456 e. The number of nitrogens with zero attached hydrogens (tertiary/aromatic N) is 1. The number of benzene rings is 7. The molecule has 2 heterocycles. The van der Waals surface area contributed by atoms with Crippen LogP contribution in [0.1, 0.15) is 0 Å². The second-order valence-corrected chi connectivity index (χ2v) is 10.9. The van der Waals surface area contributed by atoms with Crippen molar-refractivity contribution in [1.29, 1.82) is 0 Å². The van der Waals surface area contributed by atoms with Crippen LogP contribution in [0, 0.1) is 0 Å². The van der Waals surface area contributed by atoms with Gasteiger partial charge in [-0.05, 0) is 77.2 Å². The van der Waals surface area contributed by atoms with Gasteiger partial charge in [-0.25, -0.2) is 0 Å². The fourth-order valence-electron chi connectivity index (χ4n) is 6.48. The highest BCUT2D eigenvalue weighted by atomic mass is 16.3. The van der Waals surface area contributed by atoms with Crippen LogP contribution in [-0.2, 0) is 0 Å². The summed E-state index contributed by atoms with van der Waals surface area (Å²) in [5.74, 6) is 0. The van der Waals surface area contributed by atoms with Crippen LogP contribution in [0.5, 0.6) is 0 Å². The van der Waals surface area contributed by atoms with Crippen molar-refractivity contribution >= 4 is 71.7 Å². The van der Waals surface area contributed by atoms with Crippen molar-refractivity contribution in [3.63, 3.8) is 0 Å². The molecule has 0 spiro atoms. The molecule has 0 saturated heterocycles. The van der Waals surface area contributed by atoms with E-state index in [0.29, 0.717) is 0 Å². The third-order valence-electron chi connectivity index (χ3n) is 8.46. The lowest BCUT2D eigenvalue weighted by Crippen LogP contribution is -2.10. The molecule has 43 heavy (non-hydrogen) atoms. The largest absolute Gasteiger partial charge is 0.456 e. The van der Waals surface area contributed by atoms with Gasteiger partial charge in [-0.15, -0.1) is 0 Å². The molecule has 9 aromatic rings. The standard InChI is InChI=1S/C40H25NO2/c1-2-10-27(11-3-1)41(28-19-23-40-35(25-28)33-15-7-9-17-38(33)43-40)36-21-20-29(30-12-4-5-13-31(30)36)26-18-22-39-34(24-26)32-14-6-8-16-37(32)42-39/h1-25H. The fraction of sp³-hybridized carbons (Fsp3) is 0. The third-order valence-corrected chi connectivity index (χ3v) is 8.46. The van der Waals surface area contributed by atoms with E-state index in [1.165, 1.54) is 21.9 Å². The van der Waals surface area contributed by atoms with Gasteiger partial charge in [0, 0.05) is 38.3 Å². The molecule has 0 amide bonds. The Morgan fingerprint density at radius 3 is 1.63 bits per heavy atom. The summed E-state index contributed by atoms with van der Waals surface area (Å²) in [5, 5.41) is 6.87. The highest BCUT2D eigenvalue weighted by molar-refractivity contribution is 6.11. The quantitative estimate of drug-likeness (QED) is 0.218. The van der Waals surface area contributed by atoms with Gasteiger partial charge >= 0.3 is 0 Å². The van der Waals surface area contributed by atoms with Gasteiger partial charge in [0.1, 0.15) is 22.3 Å². The van der Waals surface area contributed by atoms with E-state index in [0.717, 1.165) is 60.9 Å². The van der Waals surface area contributed by atoms with E-state index in [9.17, 15) is 0 Å². The summed E-state index contributed by atoms with van der Waals surface area (Å²) < 4.78 is 12.3. The summed E-state index contributed by atoms with van der Waals surface area (Å²) in [7, 11) is 0. The normalized spacial score (nSPS) is 11.7. The molecule has 0 saturated carbocycles. The Balaban J connectivity index is 1.26. The summed E-state index contributed by atoms with van der Waals surface area (Å²) in [6, 6.07) is 53.2. The predicted octanol–water partition coefficient (Wildman–Crippen LogP) is 11.8. The summed E-state index contributed by atoms with van der Waals surface area (Å²) in [4.78, 5) is 2.35. The summed E-state index contributed by atoms with van der Waals surface area (Å²) in [5.41, 5.74) is 9.26. The lowest BCUT2D eigenvalue weighted by atomic mass is 9.95. The van der Waals surface area contributed by atoms with Crippen LogP contribution in [0.25, 0.3) is 65.8 Å². The molecule has 202 valence electrons. The molecular weight excluding hydrogens is 526 g/mol. The molecule has 0 atom stereocenters. The first-order valence-electron chi connectivity index (χ1n) is 14.5. The average Bonchev–Trinajstić information content (AvgIpc) is 3.63. The minimum absolute atomic E-state index is 0.889. The second-order valence-electron chi connectivity index (χ2n) is 10.9. The Bertz CT molecular complexity index is 2470. The maximum atomic E-state index is 6.16. The molecule has 0 aliphatic rings. The lowest BCUT2D eigenvalue weighted by Gasteiger charge is -2.27. The number of fused-ring (bicyclic) bond motifs is 7. The monoisotopic (exact) mass is 551 g/mol. The first-order chi connectivity index (χ1) is 21.3. The van der Waals surface area contributed by atoms with Crippen molar-refractivity contribution in [3.8, 4) is 11.1 Å².